The van der Waals surface area contributed by atoms with Crippen LogP contribution in [0.25, 0.3) is 0 Å². The minimum Gasteiger partial charge on any atom is -0.0662 e. The van der Waals surface area contributed by atoms with E-state index >= 15 is 0 Å². The highest BCUT2D eigenvalue weighted by molar-refractivity contribution is 6.91. The summed E-state index contributed by atoms with van der Waals surface area (Å²) in [6.07, 6.45) is 7.23. The van der Waals surface area contributed by atoms with Crippen LogP contribution in [-0.4, -0.2) is 8.07 Å². The summed E-state index contributed by atoms with van der Waals surface area (Å²) in [5.74, 6) is 0.991. The zero-order chi connectivity index (χ0) is 14.5. The smallest absolute Gasteiger partial charge is 0.0662 e. The first-order valence-electron chi connectivity index (χ1n) is 7.31. The average Bonchev–Trinajstić information content (AvgIpc) is 2.66. The third-order valence-corrected chi connectivity index (χ3v) is 9.32. The van der Waals surface area contributed by atoms with Crippen LogP contribution < -0.4 is 0 Å². The molecule has 0 spiro atoms. The molecule has 102 valence electrons. The van der Waals surface area contributed by atoms with Gasteiger partial charge in [-0.15, -0.1) is 0 Å². The lowest BCUT2D eigenvalue weighted by molar-refractivity contribution is 0.863. The molecule has 2 radical (unpaired) electrons. The fourth-order valence-electron chi connectivity index (χ4n) is 4.23. The van der Waals surface area contributed by atoms with Gasteiger partial charge < -0.3 is 0 Å². The van der Waals surface area contributed by atoms with Crippen molar-refractivity contribution in [3.63, 3.8) is 0 Å². The summed E-state index contributed by atoms with van der Waals surface area (Å²) in [5.41, 5.74) is 5.73. The molecule has 19 heavy (non-hydrogen) atoms. The highest BCUT2D eigenvalue weighted by Gasteiger charge is 2.40. The number of rotatable bonds is 2. The molecule has 1 heteroatoms. The van der Waals surface area contributed by atoms with Gasteiger partial charge in [-0.3, -0.25) is 0 Å². The average molecular weight is 270 g/mol. The molecule has 2 rings (SSSR count). The Morgan fingerprint density at radius 3 is 1.26 bits per heavy atom. The van der Waals surface area contributed by atoms with Crippen molar-refractivity contribution in [3.05, 3.63) is 44.8 Å². The molecule has 2 atom stereocenters. The number of hydrogen-bond donors (Lipinski definition) is 0. The summed E-state index contributed by atoms with van der Waals surface area (Å²) in [7, 11) is -1.58. The van der Waals surface area contributed by atoms with Gasteiger partial charge in [0.2, 0.25) is 0 Å². The Morgan fingerprint density at radius 2 is 1.05 bits per heavy atom. The second-order valence-electron chi connectivity index (χ2n) is 6.68. The Balaban J connectivity index is 2.52. The lowest BCUT2D eigenvalue weighted by Crippen LogP contribution is -2.37. The van der Waals surface area contributed by atoms with Gasteiger partial charge in [0, 0.05) is 0 Å². The zero-order valence-corrected chi connectivity index (χ0v) is 14.7. The van der Waals surface area contributed by atoms with Crippen LogP contribution in [0.4, 0.5) is 0 Å². The Bertz CT molecular complexity index is 490. The van der Waals surface area contributed by atoms with E-state index in [1.807, 2.05) is 0 Å². The van der Waals surface area contributed by atoms with E-state index < -0.39 is 8.07 Å². The molecule has 0 fully saturated rings. The van der Waals surface area contributed by atoms with Crippen molar-refractivity contribution in [3.8, 4) is 0 Å². The van der Waals surface area contributed by atoms with Gasteiger partial charge in [0.15, 0.2) is 0 Å². The van der Waals surface area contributed by atoms with Gasteiger partial charge in [0.1, 0.15) is 8.07 Å². The molecule has 0 nitrogen and oxygen atoms in total. The Kier molecular flexibility index (Phi) is 3.55. The lowest BCUT2D eigenvalue weighted by Gasteiger charge is -2.33. The van der Waals surface area contributed by atoms with Gasteiger partial charge in [-0.05, 0) is 62.8 Å². The van der Waals surface area contributed by atoms with Crippen molar-refractivity contribution >= 4 is 8.07 Å². The van der Waals surface area contributed by atoms with Gasteiger partial charge in [-0.25, -0.2) is 0 Å². The van der Waals surface area contributed by atoms with Crippen molar-refractivity contribution in [2.45, 2.75) is 54.6 Å². The normalized spacial score (nSPS) is 28.2. The van der Waals surface area contributed by atoms with Crippen molar-refractivity contribution in [2.75, 3.05) is 0 Å². The molecule has 0 bridgehead atoms. The van der Waals surface area contributed by atoms with Gasteiger partial charge in [-0.1, -0.05) is 48.5 Å². The van der Waals surface area contributed by atoms with Crippen LogP contribution in [0.3, 0.4) is 0 Å². The van der Waals surface area contributed by atoms with Crippen LogP contribution in [-0.2, 0) is 0 Å². The van der Waals surface area contributed by atoms with Gasteiger partial charge in [0.25, 0.3) is 0 Å². The summed E-state index contributed by atoms with van der Waals surface area (Å²) < 4.78 is 0. The van der Waals surface area contributed by atoms with E-state index in [0.717, 1.165) is 0 Å². The highest BCUT2D eigenvalue weighted by atomic mass is 28.3. The summed E-state index contributed by atoms with van der Waals surface area (Å²) in [4.78, 5) is 0. The molecule has 0 saturated heterocycles. The van der Waals surface area contributed by atoms with Crippen LogP contribution in [0.2, 0.25) is 13.1 Å². The van der Waals surface area contributed by atoms with Crippen LogP contribution >= 0.6 is 0 Å². The summed E-state index contributed by atoms with van der Waals surface area (Å²) in [5, 5.41) is 3.37. The predicted octanol–water partition coefficient (Wildman–Crippen LogP) is 5.20. The topological polar surface area (TPSA) is 0 Å². The van der Waals surface area contributed by atoms with Gasteiger partial charge in [0.05, 0.1) is 0 Å². The van der Waals surface area contributed by atoms with E-state index in [1.165, 1.54) is 22.3 Å². The zero-order valence-electron chi connectivity index (χ0n) is 13.7. The second kappa shape index (κ2) is 4.62. The van der Waals surface area contributed by atoms with Crippen molar-refractivity contribution in [2.24, 2.45) is 11.8 Å². The standard InChI is InChI=1S/C18H26Si/c1-11-9-13(3)17(15(11)5)19(7,8)18-14(4)10-12(2)16(18)6/h13-14H,1-8H3. The summed E-state index contributed by atoms with van der Waals surface area (Å²) >= 11 is 0. The van der Waals surface area contributed by atoms with Crippen LogP contribution in [0, 0.1) is 24.0 Å². The third-order valence-electron chi connectivity index (χ3n) is 5.01. The third kappa shape index (κ3) is 2.12. The Hall–Kier alpha value is -0.823. The molecule has 0 aromatic rings. The van der Waals surface area contributed by atoms with Crippen LogP contribution in [0.5, 0.6) is 0 Å². The summed E-state index contributed by atoms with van der Waals surface area (Å²) in [6.45, 7) is 18.6. The van der Waals surface area contributed by atoms with Crippen molar-refractivity contribution in [1.82, 2.24) is 0 Å². The molecular weight excluding hydrogens is 244 g/mol. The van der Waals surface area contributed by atoms with E-state index in [2.05, 4.69) is 66.8 Å². The summed E-state index contributed by atoms with van der Waals surface area (Å²) in [6, 6.07) is 0. The van der Waals surface area contributed by atoms with E-state index in [-0.39, 0.29) is 0 Å². The molecule has 2 aliphatic carbocycles. The quantitative estimate of drug-likeness (QED) is 0.605. The fourth-order valence-corrected chi connectivity index (χ4v) is 9.08. The Labute approximate surface area is 120 Å². The maximum atomic E-state index is 3.61. The first-order valence-corrected chi connectivity index (χ1v) is 10.3. The van der Waals surface area contributed by atoms with E-state index in [1.54, 1.807) is 10.4 Å². The minimum atomic E-state index is -1.58. The van der Waals surface area contributed by atoms with Crippen LogP contribution in [0.1, 0.15) is 41.5 Å². The SMILES string of the molecule is CC1=[C]C(C)C([Si](C)(C)C2=C(C)C(C)=[C]C2C)=C1C. The largest absolute Gasteiger partial charge is 0.105 e. The highest BCUT2D eigenvalue weighted by Crippen LogP contribution is 2.44. The lowest BCUT2D eigenvalue weighted by atomic mass is 10.2. The van der Waals surface area contributed by atoms with E-state index in [4.69, 9.17) is 0 Å². The van der Waals surface area contributed by atoms with Crippen molar-refractivity contribution < 1.29 is 0 Å². The van der Waals surface area contributed by atoms with Gasteiger partial charge >= 0.3 is 0 Å². The number of allylic oxidation sites excluding steroid dienone is 8. The van der Waals surface area contributed by atoms with E-state index in [9.17, 15) is 0 Å². The van der Waals surface area contributed by atoms with Gasteiger partial charge in [-0.2, -0.15) is 0 Å². The molecule has 2 aliphatic rings. The molecule has 2 unspecified atom stereocenters. The monoisotopic (exact) mass is 270 g/mol. The fraction of sp³-hybridized carbons (Fsp3) is 0.556. The number of hydrogen-bond acceptors (Lipinski definition) is 0. The van der Waals surface area contributed by atoms with Crippen molar-refractivity contribution in [1.29, 1.82) is 0 Å². The molecule has 0 N–H and O–H groups in total. The van der Waals surface area contributed by atoms with E-state index in [0.29, 0.717) is 11.8 Å². The maximum Gasteiger partial charge on any atom is 0.105 e. The minimum absolute atomic E-state index is 0.495. The first kappa shape index (κ1) is 14.6. The molecular formula is C18H26Si. The predicted molar refractivity (Wildman–Crippen MR) is 86.1 cm³/mol. The molecule has 0 aromatic heterocycles. The molecule has 0 aliphatic heterocycles. The molecule has 0 aromatic carbocycles. The van der Waals surface area contributed by atoms with Crippen LogP contribution in [0.15, 0.2) is 32.7 Å². The molecule has 0 saturated carbocycles. The maximum absolute atomic E-state index is 3.61. The second-order valence-corrected chi connectivity index (χ2v) is 11.0. The molecule has 0 heterocycles. The molecule has 0 amide bonds. The Morgan fingerprint density at radius 1 is 0.737 bits per heavy atom. The first-order chi connectivity index (χ1) is 8.67.